The molecule has 0 bridgehead atoms. The topological polar surface area (TPSA) is 78.8 Å². The van der Waals surface area contributed by atoms with E-state index in [0.717, 1.165) is 25.7 Å². The maximum atomic E-state index is 12.0. The molecule has 5 nitrogen and oxygen atoms in total. The maximum Gasteiger partial charge on any atom is 0.329 e. The summed E-state index contributed by atoms with van der Waals surface area (Å²) in [7, 11) is 0. The summed E-state index contributed by atoms with van der Waals surface area (Å²) in [4.78, 5) is 12.0. The first-order valence-electron chi connectivity index (χ1n) is 7.49. The number of nitrogens with one attached hydrogen (secondary N) is 1. The molecule has 0 radical (unpaired) electrons. The van der Waals surface area contributed by atoms with Crippen LogP contribution in [0.4, 0.5) is 0 Å². The molecule has 2 fully saturated rings. The molecule has 20 heavy (non-hydrogen) atoms. The second-order valence-electron chi connectivity index (χ2n) is 6.40. The van der Waals surface area contributed by atoms with E-state index < -0.39 is 23.2 Å². The number of carbonyl (C=O) groups is 1. The van der Waals surface area contributed by atoms with Crippen LogP contribution in [0.2, 0.25) is 0 Å². The third-order valence-electron chi connectivity index (χ3n) is 5.54. The van der Waals surface area contributed by atoms with Gasteiger partial charge >= 0.3 is 5.97 Å². The average Bonchev–Trinajstić information content (AvgIpc) is 2.94. The Hall–Kier alpha value is -0.910. The largest absolute Gasteiger partial charge is 0.480 e. The van der Waals surface area contributed by atoms with Crippen molar-refractivity contribution in [3.63, 3.8) is 0 Å². The van der Waals surface area contributed by atoms with Crippen LogP contribution in [0.3, 0.4) is 0 Å². The quantitative estimate of drug-likeness (QED) is 0.671. The van der Waals surface area contributed by atoms with Crippen LogP contribution >= 0.6 is 0 Å². The van der Waals surface area contributed by atoms with E-state index in [4.69, 9.17) is 4.74 Å². The third-order valence-corrected chi connectivity index (χ3v) is 5.54. The number of allylic oxidation sites excluding steroid dienone is 1. The van der Waals surface area contributed by atoms with Crippen molar-refractivity contribution < 1.29 is 19.7 Å². The smallest absolute Gasteiger partial charge is 0.329 e. The maximum absolute atomic E-state index is 12.0. The van der Waals surface area contributed by atoms with E-state index in [2.05, 4.69) is 5.32 Å². The second kappa shape index (κ2) is 4.83. The van der Waals surface area contributed by atoms with Gasteiger partial charge in [-0.05, 0) is 32.6 Å². The summed E-state index contributed by atoms with van der Waals surface area (Å²) in [5.41, 5.74) is -2.23. The van der Waals surface area contributed by atoms with Crippen molar-refractivity contribution in [1.29, 1.82) is 0 Å². The molecular formula is C15H23NO4. The molecule has 3 N–H and O–H groups in total. The van der Waals surface area contributed by atoms with E-state index in [9.17, 15) is 15.0 Å². The van der Waals surface area contributed by atoms with Crippen LogP contribution in [-0.4, -0.2) is 46.6 Å². The first-order valence-corrected chi connectivity index (χ1v) is 7.49. The van der Waals surface area contributed by atoms with E-state index in [1.165, 1.54) is 0 Å². The zero-order valence-electron chi connectivity index (χ0n) is 11.8. The van der Waals surface area contributed by atoms with Gasteiger partial charge in [0.1, 0.15) is 5.60 Å². The highest BCUT2D eigenvalue weighted by molar-refractivity contribution is 5.83. The fourth-order valence-electron chi connectivity index (χ4n) is 4.23. The molecule has 112 valence electrons. The van der Waals surface area contributed by atoms with Crippen LogP contribution in [0.15, 0.2) is 12.2 Å². The van der Waals surface area contributed by atoms with Crippen molar-refractivity contribution in [2.45, 2.75) is 49.9 Å². The molecule has 5 atom stereocenters. The van der Waals surface area contributed by atoms with Gasteiger partial charge < -0.3 is 14.9 Å². The molecule has 0 saturated carbocycles. The summed E-state index contributed by atoms with van der Waals surface area (Å²) in [5, 5.41) is 23.8. The Morgan fingerprint density at radius 1 is 1.50 bits per heavy atom. The number of aliphatic carboxylic acids is 1. The van der Waals surface area contributed by atoms with E-state index >= 15 is 0 Å². The summed E-state index contributed by atoms with van der Waals surface area (Å²) in [5.74, 6) is -0.969. The summed E-state index contributed by atoms with van der Waals surface area (Å²) in [6, 6.07) is 0. The van der Waals surface area contributed by atoms with E-state index in [0.29, 0.717) is 13.2 Å². The lowest BCUT2D eigenvalue weighted by atomic mass is 9.69. The predicted molar refractivity (Wildman–Crippen MR) is 73.3 cm³/mol. The van der Waals surface area contributed by atoms with Crippen molar-refractivity contribution in [3.8, 4) is 0 Å². The Morgan fingerprint density at radius 3 is 2.95 bits per heavy atom. The van der Waals surface area contributed by atoms with Gasteiger partial charge in [0.2, 0.25) is 0 Å². The molecule has 0 unspecified atom stereocenters. The molecule has 5 heteroatoms. The minimum Gasteiger partial charge on any atom is -0.480 e. The van der Waals surface area contributed by atoms with Gasteiger partial charge in [-0.1, -0.05) is 12.2 Å². The Labute approximate surface area is 119 Å². The standard InChI is InChI=1S/C15H23NO4/c1-14-11(7-8-20-14)9-16-15(14,13(18)19)12(17)10-5-3-2-4-6-10/h3,5,10-12,16-17H,2,4,6-9H2,1H3,(H,18,19)/t10-,11+,12+,14+,15+/m1/s1. The number of carboxylic acids is 1. The SMILES string of the molecule is C[C@]12OCC[C@H]1CN[C@]2(C(=O)O)[C@@H](O)[C@@H]1C=CCCC1. The number of ether oxygens (including phenoxy) is 1. The minimum absolute atomic E-state index is 0.118. The molecular weight excluding hydrogens is 258 g/mol. The minimum atomic E-state index is -1.40. The van der Waals surface area contributed by atoms with Crippen LogP contribution < -0.4 is 5.32 Å². The number of rotatable bonds is 3. The monoisotopic (exact) mass is 281 g/mol. The summed E-state index contributed by atoms with van der Waals surface area (Å²) in [6.45, 7) is 3.01. The van der Waals surface area contributed by atoms with Crippen molar-refractivity contribution in [1.82, 2.24) is 5.32 Å². The first-order chi connectivity index (χ1) is 9.52. The average molecular weight is 281 g/mol. The zero-order chi connectivity index (χ0) is 14.4. The first kappa shape index (κ1) is 14.0. The van der Waals surface area contributed by atoms with Gasteiger partial charge in [0.05, 0.1) is 6.10 Å². The molecule has 3 aliphatic rings. The number of hydrogen-bond acceptors (Lipinski definition) is 4. The second-order valence-corrected chi connectivity index (χ2v) is 6.40. The molecule has 0 aromatic carbocycles. The van der Waals surface area contributed by atoms with Crippen LogP contribution in [0, 0.1) is 11.8 Å². The van der Waals surface area contributed by atoms with Gasteiger partial charge in [-0.15, -0.1) is 0 Å². The van der Waals surface area contributed by atoms with Crippen molar-refractivity contribution in [2.24, 2.45) is 11.8 Å². The van der Waals surface area contributed by atoms with Gasteiger partial charge in [-0.25, -0.2) is 4.79 Å². The molecule has 2 aliphatic heterocycles. The molecule has 3 rings (SSSR count). The fourth-order valence-corrected chi connectivity index (χ4v) is 4.23. The zero-order valence-corrected chi connectivity index (χ0v) is 11.8. The van der Waals surface area contributed by atoms with Crippen LogP contribution in [0.25, 0.3) is 0 Å². The highest BCUT2D eigenvalue weighted by Crippen LogP contribution is 2.48. The molecule has 0 aromatic heterocycles. The Bertz CT molecular complexity index is 438. The molecule has 0 amide bonds. The predicted octanol–water partition coefficient (Wildman–Crippen LogP) is 0.925. The lowest BCUT2D eigenvalue weighted by molar-refractivity contribution is -0.171. The Balaban J connectivity index is 1.98. The number of hydrogen-bond donors (Lipinski definition) is 3. The highest BCUT2D eigenvalue weighted by Gasteiger charge is 2.69. The Kier molecular flexibility index (Phi) is 3.39. The Morgan fingerprint density at radius 2 is 2.30 bits per heavy atom. The number of carboxylic acid groups (broad SMARTS) is 1. The normalized spacial score (nSPS) is 45.3. The van der Waals surface area contributed by atoms with Gasteiger partial charge in [-0.2, -0.15) is 0 Å². The van der Waals surface area contributed by atoms with Gasteiger partial charge in [0.25, 0.3) is 0 Å². The van der Waals surface area contributed by atoms with Crippen LogP contribution in [0.1, 0.15) is 32.6 Å². The third kappa shape index (κ3) is 1.70. The van der Waals surface area contributed by atoms with E-state index in [1.54, 1.807) is 0 Å². The van der Waals surface area contributed by atoms with Crippen molar-refractivity contribution in [3.05, 3.63) is 12.2 Å². The molecule has 2 heterocycles. The lowest BCUT2D eigenvalue weighted by Crippen LogP contribution is -2.70. The molecule has 1 aliphatic carbocycles. The lowest BCUT2D eigenvalue weighted by Gasteiger charge is -2.44. The number of fused-ring (bicyclic) bond motifs is 1. The van der Waals surface area contributed by atoms with Crippen LogP contribution in [0.5, 0.6) is 0 Å². The van der Waals surface area contributed by atoms with E-state index in [1.807, 2.05) is 19.1 Å². The molecule has 0 spiro atoms. The highest BCUT2D eigenvalue weighted by atomic mass is 16.5. The number of aliphatic hydroxyl groups excluding tert-OH is 1. The fraction of sp³-hybridized carbons (Fsp3) is 0.800. The van der Waals surface area contributed by atoms with Crippen LogP contribution in [-0.2, 0) is 9.53 Å². The van der Waals surface area contributed by atoms with Gasteiger partial charge in [0.15, 0.2) is 5.54 Å². The summed E-state index contributed by atoms with van der Waals surface area (Å²) >= 11 is 0. The number of aliphatic hydroxyl groups is 1. The van der Waals surface area contributed by atoms with Gasteiger partial charge in [-0.3, -0.25) is 5.32 Å². The van der Waals surface area contributed by atoms with E-state index in [-0.39, 0.29) is 11.8 Å². The summed E-state index contributed by atoms with van der Waals surface area (Å²) in [6.07, 6.45) is 6.72. The molecule has 2 saturated heterocycles. The summed E-state index contributed by atoms with van der Waals surface area (Å²) < 4.78 is 5.83. The van der Waals surface area contributed by atoms with Gasteiger partial charge in [0, 0.05) is 25.0 Å². The molecule has 0 aromatic rings. The van der Waals surface area contributed by atoms with Crippen molar-refractivity contribution >= 4 is 5.97 Å². The van der Waals surface area contributed by atoms with Crippen molar-refractivity contribution in [2.75, 3.05) is 13.2 Å².